The van der Waals surface area contributed by atoms with Gasteiger partial charge in [0.1, 0.15) is 5.82 Å². The number of nitrogens with one attached hydrogen (secondary N) is 1. The molecule has 0 unspecified atom stereocenters. The Labute approximate surface area is 102 Å². The molecule has 0 radical (unpaired) electrons. The van der Waals surface area contributed by atoms with Gasteiger partial charge in [-0.05, 0) is 0 Å². The maximum atomic E-state index is 11.3. The number of imide groups is 1. The van der Waals surface area contributed by atoms with E-state index in [9.17, 15) is 9.59 Å². The predicted molar refractivity (Wildman–Crippen MR) is 60.2 cm³/mol. The molecule has 2 amide bonds. The first-order chi connectivity index (χ1) is 8.08. The monoisotopic (exact) mass is 259 g/mol. The Morgan fingerprint density at radius 2 is 2.24 bits per heavy atom. The molecule has 0 fully saturated rings. The van der Waals surface area contributed by atoms with Gasteiger partial charge in [0, 0.05) is 7.05 Å². The van der Waals surface area contributed by atoms with E-state index in [-0.39, 0.29) is 12.3 Å². The van der Waals surface area contributed by atoms with Crippen molar-refractivity contribution >= 4 is 23.8 Å². The molecule has 17 heavy (non-hydrogen) atoms. The van der Waals surface area contributed by atoms with Crippen LogP contribution in [0.1, 0.15) is 5.82 Å². The van der Waals surface area contributed by atoms with Gasteiger partial charge in [-0.2, -0.15) is 0 Å². The third-order valence-corrected chi connectivity index (χ3v) is 2.89. The summed E-state index contributed by atoms with van der Waals surface area (Å²) in [6, 6.07) is 0. The number of ether oxygens (including phenoxy) is 1. The lowest BCUT2D eigenvalue weighted by Crippen LogP contribution is -2.31. The van der Waals surface area contributed by atoms with Gasteiger partial charge in [-0.1, -0.05) is 11.8 Å². The molecule has 1 aromatic heterocycles. The van der Waals surface area contributed by atoms with E-state index in [2.05, 4.69) is 14.9 Å². The molecule has 0 bridgehead atoms. The van der Waals surface area contributed by atoms with E-state index in [1.807, 2.05) is 5.32 Å². The van der Waals surface area contributed by atoms with Crippen LogP contribution >= 0.6 is 11.8 Å². The number of methoxy groups -OCH3 is 1. The van der Waals surface area contributed by atoms with Crippen molar-refractivity contribution < 1.29 is 14.3 Å². The Hall–Kier alpha value is -1.61. The lowest BCUT2D eigenvalue weighted by atomic mass is 10.6. The second kappa shape index (κ2) is 6.21. The van der Waals surface area contributed by atoms with Crippen LogP contribution in [0, 0.1) is 0 Å². The van der Waals surface area contributed by atoms with Gasteiger partial charge in [0.25, 0.3) is 0 Å². The summed E-state index contributed by atoms with van der Waals surface area (Å²) in [6.45, 7) is 0.276. The number of hydrogen-bond acceptors (Lipinski definition) is 7. The third kappa shape index (κ3) is 3.71. The molecule has 8 nitrogen and oxygen atoms in total. The molecule has 0 saturated heterocycles. The van der Waals surface area contributed by atoms with Crippen molar-refractivity contribution in [3.8, 4) is 0 Å². The first-order valence-corrected chi connectivity index (χ1v) is 5.66. The summed E-state index contributed by atoms with van der Waals surface area (Å²) >= 11 is 1.16. The largest absolute Gasteiger partial charge is 0.453 e. The van der Waals surface area contributed by atoms with E-state index < -0.39 is 12.0 Å². The number of rotatable bonds is 4. The number of thioether (sulfide) groups is 1. The summed E-state index contributed by atoms with van der Waals surface area (Å²) < 4.78 is 5.98. The quantitative estimate of drug-likeness (QED) is 0.684. The Morgan fingerprint density at radius 1 is 1.53 bits per heavy atom. The van der Waals surface area contributed by atoms with Gasteiger partial charge in [0.2, 0.25) is 5.91 Å². The number of nitrogens with two attached hydrogens (primary N) is 1. The lowest BCUT2D eigenvalue weighted by molar-refractivity contribution is -0.117. The highest BCUT2D eigenvalue weighted by Gasteiger charge is 2.12. The standard InChI is InChI=1S/C8H13N5O3S/c1-13-5(3-9)11-12-7(13)17-4-6(14)10-8(15)16-2/h3-4,9H2,1-2H3,(H,10,14,15). The van der Waals surface area contributed by atoms with Crippen LogP contribution in [0.2, 0.25) is 0 Å². The molecule has 0 aliphatic carbocycles. The number of hydrogen-bond donors (Lipinski definition) is 2. The summed E-state index contributed by atoms with van der Waals surface area (Å²) in [5.74, 6) is 0.214. The Kier molecular flexibility index (Phi) is 4.91. The van der Waals surface area contributed by atoms with Crippen molar-refractivity contribution in [2.45, 2.75) is 11.7 Å². The van der Waals surface area contributed by atoms with Gasteiger partial charge in [-0.15, -0.1) is 10.2 Å². The lowest BCUT2D eigenvalue weighted by Gasteiger charge is -2.02. The molecule has 1 heterocycles. The molecule has 0 spiro atoms. The van der Waals surface area contributed by atoms with Gasteiger partial charge in [0.05, 0.1) is 19.4 Å². The molecule has 94 valence electrons. The van der Waals surface area contributed by atoms with Crippen LogP contribution in [0.4, 0.5) is 4.79 Å². The zero-order chi connectivity index (χ0) is 12.8. The molecule has 3 N–H and O–H groups in total. The van der Waals surface area contributed by atoms with Crippen LogP contribution in [0.5, 0.6) is 0 Å². The van der Waals surface area contributed by atoms with E-state index in [1.165, 1.54) is 7.11 Å². The van der Waals surface area contributed by atoms with E-state index in [1.54, 1.807) is 11.6 Å². The minimum atomic E-state index is -0.781. The zero-order valence-corrected chi connectivity index (χ0v) is 10.3. The van der Waals surface area contributed by atoms with Crippen LogP contribution in [0.25, 0.3) is 0 Å². The highest BCUT2D eigenvalue weighted by Crippen LogP contribution is 2.14. The minimum Gasteiger partial charge on any atom is -0.453 e. The number of nitrogens with zero attached hydrogens (tertiary/aromatic N) is 3. The number of alkyl carbamates (subject to hydrolysis) is 1. The predicted octanol–water partition coefficient (Wildman–Crippen LogP) is -0.751. The number of carbonyl (C=O) groups excluding carboxylic acids is 2. The maximum Gasteiger partial charge on any atom is 0.413 e. The third-order valence-electron chi connectivity index (χ3n) is 1.87. The smallest absolute Gasteiger partial charge is 0.413 e. The summed E-state index contributed by atoms with van der Waals surface area (Å²) in [7, 11) is 2.94. The fourth-order valence-electron chi connectivity index (χ4n) is 0.980. The van der Waals surface area contributed by atoms with Crippen LogP contribution < -0.4 is 11.1 Å². The average molecular weight is 259 g/mol. The Bertz CT molecular complexity index is 419. The number of aromatic nitrogens is 3. The van der Waals surface area contributed by atoms with E-state index >= 15 is 0 Å². The number of carbonyl (C=O) groups is 2. The highest BCUT2D eigenvalue weighted by molar-refractivity contribution is 7.99. The molecule has 1 aromatic rings. The molecular weight excluding hydrogens is 246 g/mol. The number of amides is 2. The topological polar surface area (TPSA) is 112 Å². The zero-order valence-electron chi connectivity index (χ0n) is 9.47. The fourth-order valence-corrected chi connectivity index (χ4v) is 1.71. The van der Waals surface area contributed by atoms with Crippen molar-refractivity contribution in [1.29, 1.82) is 0 Å². The summed E-state index contributed by atoms with van der Waals surface area (Å²) in [5, 5.41) is 10.3. The molecule has 0 atom stereocenters. The van der Waals surface area contributed by atoms with Gasteiger partial charge < -0.3 is 15.0 Å². The molecule has 0 aromatic carbocycles. The van der Waals surface area contributed by atoms with Gasteiger partial charge >= 0.3 is 6.09 Å². The first kappa shape index (κ1) is 13.5. The van der Waals surface area contributed by atoms with Gasteiger partial charge in [0.15, 0.2) is 5.16 Å². The fraction of sp³-hybridized carbons (Fsp3) is 0.500. The van der Waals surface area contributed by atoms with E-state index in [4.69, 9.17) is 5.73 Å². The van der Waals surface area contributed by atoms with Gasteiger partial charge in [-0.3, -0.25) is 10.1 Å². The summed E-state index contributed by atoms with van der Waals surface area (Å²) in [4.78, 5) is 22.0. The van der Waals surface area contributed by atoms with Crippen LogP contribution in [-0.4, -0.2) is 39.6 Å². The second-order valence-corrected chi connectivity index (χ2v) is 3.93. The SMILES string of the molecule is COC(=O)NC(=O)CSc1nnc(CN)n1C. The molecule has 1 rings (SSSR count). The summed E-state index contributed by atoms with van der Waals surface area (Å²) in [5.41, 5.74) is 5.43. The Balaban J connectivity index is 2.47. The highest BCUT2D eigenvalue weighted by atomic mass is 32.2. The van der Waals surface area contributed by atoms with Crippen molar-refractivity contribution in [3.05, 3.63) is 5.82 Å². The van der Waals surface area contributed by atoms with Gasteiger partial charge in [-0.25, -0.2) is 4.79 Å². The molecule has 9 heteroatoms. The average Bonchev–Trinajstić information content (AvgIpc) is 2.67. The van der Waals surface area contributed by atoms with Crippen molar-refractivity contribution in [1.82, 2.24) is 20.1 Å². The van der Waals surface area contributed by atoms with Crippen molar-refractivity contribution in [2.75, 3.05) is 12.9 Å². The molecule has 0 aliphatic heterocycles. The molecule has 0 aliphatic rings. The van der Waals surface area contributed by atoms with Crippen molar-refractivity contribution in [3.63, 3.8) is 0 Å². The normalized spacial score (nSPS) is 10.1. The molecular formula is C8H13N5O3S. The van der Waals surface area contributed by atoms with E-state index in [0.29, 0.717) is 11.0 Å². The van der Waals surface area contributed by atoms with E-state index in [0.717, 1.165) is 11.8 Å². The van der Waals surface area contributed by atoms with Crippen LogP contribution in [0.3, 0.4) is 0 Å². The maximum absolute atomic E-state index is 11.3. The summed E-state index contributed by atoms with van der Waals surface area (Å²) in [6.07, 6.45) is -0.781. The first-order valence-electron chi connectivity index (χ1n) is 4.67. The minimum absolute atomic E-state index is 0.0473. The molecule has 0 saturated carbocycles. The van der Waals surface area contributed by atoms with Crippen LogP contribution in [-0.2, 0) is 23.1 Å². The van der Waals surface area contributed by atoms with Crippen LogP contribution in [0.15, 0.2) is 5.16 Å². The second-order valence-electron chi connectivity index (χ2n) is 2.99. The van der Waals surface area contributed by atoms with Crippen molar-refractivity contribution in [2.24, 2.45) is 12.8 Å². The Morgan fingerprint density at radius 3 is 2.76 bits per heavy atom.